The molecule has 14 heavy (non-hydrogen) atoms. The van der Waals surface area contributed by atoms with Gasteiger partial charge in [-0.3, -0.25) is 0 Å². The summed E-state index contributed by atoms with van der Waals surface area (Å²) in [5, 5.41) is 0. The molecule has 4 nitrogen and oxygen atoms in total. The summed E-state index contributed by atoms with van der Waals surface area (Å²) in [5.74, 6) is 1.90. The van der Waals surface area contributed by atoms with Crippen LogP contribution in [0.1, 0.15) is 25.1 Å². The summed E-state index contributed by atoms with van der Waals surface area (Å²) in [7, 11) is 0. The second-order valence-electron chi connectivity index (χ2n) is 3.94. The van der Waals surface area contributed by atoms with E-state index in [9.17, 15) is 0 Å². The average Bonchev–Trinajstić information content (AvgIpc) is 2.53. The Morgan fingerprint density at radius 2 is 2.36 bits per heavy atom. The molecule has 0 saturated heterocycles. The number of nitrogens with one attached hydrogen (secondary N) is 1. The lowest BCUT2D eigenvalue weighted by atomic mass is 9.83. The third-order valence-corrected chi connectivity index (χ3v) is 2.92. The lowest BCUT2D eigenvalue weighted by molar-refractivity contribution is 0.310. The van der Waals surface area contributed by atoms with Gasteiger partial charge in [0.05, 0.1) is 6.20 Å². The van der Waals surface area contributed by atoms with Crippen LogP contribution < -0.4 is 0 Å². The number of fused-ring (bicyclic) bond motifs is 1. The van der Waals surface area contributed by atoms with Gasteiger partial charge in [-0.1, -0.05) is 19.3 Å². The smallest absolute Gasteiger partial charge is 0.180 e. The molecule has 1 fully saturated rings. The van der Waals surface area contributed by atoms with Crippen LogP contribution in [0.5, 0.6) is 0 Å². The highest BCUT2D eigenvalue weighted by atomic mass is 15.0. The van der Waals surface area contributed by atoms with Gasteiger partial charge in [0.25, 0.3) is 0 Å². The Hall–Kier alpha value is -1.45. The van der Waals surface area contributed by atoms with Gasteiger partial charge in [0, 0.05) is 6.42 Å². The highest BCUT2D eigenvalue weighted by molar-refractivity contribution is 5.68. The first kappa shape index (κ1) is 7.91. The summed E-state index contributed by atoms with van der Waals surface area (Å²) in [6.45, 7) is 0. The summed E-state index contributed by atoms with van der Waals surface area (Å²) >= 11 is 0. The maximum absolute atomic E-state index is 4.43. The van der Waals surface area contributed by atoms with Gasteiger partial charge in [-0.25, -0.2) is 15.0 Å². The van der Waals surface area contributed by atoms with Crippen molar-refractivity contribution in [2.24, 2.45) is 5.92 Å². The van der Waals surface area contributed by atoms with E-state index in [2.05, 4.69) is 19.9 Å². The van der Waals surface area contributed by atoms with E-state index in [-0.39, 0.29) is 0 Å². The molecule has 1 N–H and O–H groups in total. The van der Waals surface area contributed by atoms with Gasteiger partial charge in [-0.2, -0.15) is 0 Å². The number of H-pyrrole nitrogens is 1. The van der Waals surface area contributed by atoms with Gasteiger partial charge < -0.3 is 4.98 Å². The zero-order valence-corrected chi connectivity index (χ0v) is 7.90. The Morgan fingerprint density at radius 3 is 3.07 bits per heavy atom. The van der Waals surface area contributed by atoms with E-state index in [1.807, 2.05) is 0 Å². The molecule has 0 bridgehead atoms. The Kier molecular flexibility index (Phi) is 1.72. The van der Waals surface area contributed by atoms with Gasteiger partial charge in [-0.05, 0) is 5.92 Å². The molecule has 4 heteroatoms. The maximum Gasteiger partial charge on any atom is 0.180 e. The number of hydrogen-bond donors (Lipinski definition) is 1. The molecule has 2 heterocycles. The first-order valence-corrected chi connectivity index (χ1v) is 5.06. The van der Waals surface area contributed by atoms with Gasteiger partial charge in [0.15, 0.2) is 5.65 Å². The van der Waals surface area contributed by atoms with E-state index in [1.165, 1.54) is 25.6 Å². The second kappa shape index (κ2) is 3.04. The topological polar surface area (TPSA) is 54.5 Å². The van der Waals surface area contributed by atoms with Crippen LogP contribution in [0.3, 0.4) is 0 Å². The number of hydrogen-bond acceptors (Lipinski definition) is 3. The monoisotopic (exact) mass is 188 g/mol. The molecule has 1 aliphatic carbocycles. The minimum atomic E-state index is 0.786. The van der Waals surface area contributed by atoms with Gasteiger partial charge in [-0.15, -0.1) is 0 Å². The van der Waals surface area contributed by atoms with Crippen LogP contribution in [-0.2, 0) is 6.42 Å². The Morgan fingerprint density at radius 1 is 1.43 bits per heavy atom. The number of nitrogens with zero attached hydrogens (tertiary/aromatic N) is 3. The highest BCUT2D eigenvalue weighted by Gasteiger charge is 2.19. The average molecular weight is 188 g/mol. The predicted molar refractivity (Wildman–Crippen MR) is 52.7 cm³/mol. The van der Waals surface area contributed by atoms with Crippen LogP contribution in [0, 0.1) is 5.92 Å². The number of rotatable bonds is 2. The summed E-state index contributed by atoms with van der Waals surface area (Å²) in [6.07, 6.45) is 8.46. The van der Waals surface area contributed by atoms with E-state index < -0.39 is 0 Å². The van der Waals surface area contributed by atoms with E-state index in [0.29, 0.717) is 0 Å². The second-order valence-corrected chi connectivity index (χ2v) is 3.94. The molecule has 2 aromatic rings. The molecule has 0 aliphatic heterocycles. The van der Waals surface area contributed by atoms with E-state index >= 15 is 0 Å². The molecule has 0 amide bonds. The fraction of sp³-hybridized carbons (Fsp3) is 0.500. The SMILES string of the molecule is c1ncc2[nH]c(CC3CCC3)nc2n1. The van der Waals surface area contributed by atoms with E-state index in [0.717, 1.165) is 29.3 Å². The lowest BCUT2D eigenvalue weighted by Gasteiger charge is -2.23. The van der Waals surface area contributed by atoms with Crippen LogP contribution in [0.15, 0.2) is 12.5 Å². The Balaban J connectivity index is 1.89. The van der Waals surface area contributed by atoms with E-state index in [1.54, 1.807) is 6.20 Å². The first-order chi connectivity index (χ1) is 6.92. The molecule has 2 aromatic heterocycles. The van der Waals surface area contributed by atoms with Crippen molar-refractivity contribution in [1.82, 2.24) is 19.9 Å². The van der Waals surface area contributed by atoms with Crippen molar-refractivity contribution in [2.45, 2.75) is 25.7 Å². The fourth-order valence-corrected chi connectivity index (χ4v) is 1.88. The maximum atomic E-state index is 4.43. The molecule has 1 saturated carbocycles. The van der Waals surface area contributed by atoms with Gasteiger partial charge >= 0.3 is 0 Å². The molecule has 0 radical (unpaired) electrons. The van der Waals surface area contributed by atoms with E-state index in [4.69, 9.17) is 0 Å². The molecule has 0 aromatic carbocycles. The molecule has 0 atom stereocenters. The molecule has 1 aliphatic rings. The van der Waals surface area contributed by atoms with Crippen LogP contribution >= 0.6 is 0 Å². The van der Waals surface area contributed by atoms with Crippen LogP contribution in [0.2, 0.25) is 0 Å². The quantitative estimate of drug-likeness (QED) is 0.780. The van der Waals surface area contributed by atoms with Crippen molar-refractivity contribution < 1.29 is 0 Å². The summed E-state index contributed by atoms with van der Waals surface area (Å²) in [4.78, 5) is 15.7. The lowest BCUT2D eigenvalue weighted by Crippen LogP contribution is -2.14. The third kappa shape index (κ3) is 1.27. The van der Waals surface area contributed by atoms with Crippen LogP contribution in [0.25, 0.3) is 11.2 Å². The number of aromatic amines is 1. The van der Waals surface area contributed by atoms with Crippen molar-refractivity contribution in [2.75, 3.05) is 0 Å². The minimum Gasteiger partial charge on any atom is -0.339 e. The number of aromatic nitrogens is 4. The van der Waals surface area contributed by atoms with Crippen LogP contribution in [0.4, 0.5) is 0 Å². The van der Waals surface area contributed by atoms with Gasteiger partial charge in [0.2, 0.25) is 0 Å². The molecule has 0 unspecified atom stereocenters. The predicted octanol–water partition coefficient (Wildman–Crippen LogP) is 1.70. The molecular formula is C10H12N4. The van der Waals surface area contributed by atoms with Crippen molar-refractivity contribution in [3.05, 3.63) is 18.3 Å². The standard InChI is InChI=1S/C10H12N4/c1-2-7(3-1)4-9-13-8-5-11-6-12-10(8)14-9/h5-7H,1-4H2,(H,11,12,13,14). The fourth-order valence-electron chi connectivity index (χ4n) is 1.88. The minimum absolute atomic E-state index is 0.786. The zero-order valence-electron chi connectivity index (χ0n) is 7.90. The van der Waals surface area contributed by atoms with Crippen molar-refractivity contribution in [1.29, 1.82) is 0 Å². The van der Waals surface area contributed by atoms with Crippen molar-refractivity contribution >= 4 is 11.2 Å². The normalized spacial score (nSPS) is 17.1. The molecule has 72 valence electrons. The third-order valence-electron chi connectivity index (χ3n) is 2.92. The Labute approximate surface area is 81.8 Å². The van der Waals surface area contributed by atoms with Gasteiger partial charge in [0.1, 0.15) is 17.7 Å². The largest absolute Gasteiger partial charge is 0.339 e. The first-order valence-electron chi connectivity index (χ1n) is 5.06. The van der Waals surface area contributed by atoms with Crippen LogP contribution in [-0.4, -0.2) is 19.9 Å². The molecule has 0 spiro atoms. The number of imidazole rings is 1. The summed E-state index contributed by atoms with van der Waals surface area (Å²) in [6, 6.07) is 0. The summed E-state index contributed by atoms with van der Waals surface area (Å²) < 4.78 is 0. The summed E-state index contributed by atoms with van der Waals surface area (Å²) in [5.41, 5.74) is 1.73. The zero-order chi connectivity index (χ0) is 9.38. The molecular weight excluding hydrogens is 176 g/mol. The van der Waals surface area contributed by atoms with Crippen molar-refractivity contribution in [3.8, 4) is 0 Å². The van der Waals surface area contributed by atoms with Crippen molar-refractivity contribution in [3.63, 3.8) is 0 Å². The molecule has 3 rings (SSSR count). The highest BCUT2D eigenvalue weighted by Crippen LogP contribution is 2.29. The Bertz CT molecular complexity index is 411.